The molecule has 0 aromatic carbocycles. The lowest BCUT2D eigenvalue weighted by molar-refractivity contribution is -0.142. The van der Waals surface area contributed by atoms with Crippen LogP contribution in [0.25, 0.3) is 0 Å². The summed E-state index contributed by atoms with van der Waals surface area (Å²) >= 11 is 0. The molecule has 0 aliphatic rings. The van der Waals surface area contributed by atoms with Crippen LogP contribution in [-0.4, -0.2) is 225 Å². The van der Waals surface area contributed by atoms with Gasteiger partial charge in [0.2, 0.25) is 23.6 Å². The molecular weight excluding hydrogens is 1210 g/mol. The largest absolute Gasteiger partial charge is 0.481 e. The smallest absolute Gasteiger partial charge is 0.325 e. The average Bonchev–Trinajstić information content (AvgIpc) is 1.06. The molecule has 0 aromatic rings. The summed E-state index contributed by atoms with van der Waals surface area (Å²) < 4.78 is 0. The number of carboxylic acids is 2. The first kappa shape index (κ1) is 91.1. The summed E-state index contributed by atoms with van der Waals surface area (Å²) in [7, 11) is 0. The number of amides is 4. The van der Waals surface area contributed by atoms with Gasteiger partial charge < -0.3 is 123 Å². The van der Waals surface area contributed by atoms with Gasteiger partial charge in [-0.15, -0.1) is 0 Å². The molecule has 551 valence electrons. The number of carbonyl (C=O) groups excluding carboxylic acids is 4. The molecule has 0 rings (SSSR count). The van der Waals surface area contributed by atoms with Gasteiger partial charge in [-0.05, 0) is 83.7 Å². The van der Waals surface area contributed by atoms with Crippen LogP contribution in [0.3, 0.4) is 0 Å². The van der Waals surface area contributed by atoms with Crippen molar-refractivity contribution in [3.05, 3.63) is 58.8 Å². The van der Waals surface area contributed by atoms with Gasteiger partial charge >= 0.3 is 11.9 Å². The van der Waals surface area contributed by atoms with Crippen molar-refractivity contribution in [3.8, 4) is 0 Å². The van der Waals surface area contributed by atoms with E-state index >= 15 is 0 Å². The average molecular weight is 1350 g/mol. The maximum absolute atomic E-state index is 13.7. The Labute approximate surface area is 573 Å². The standard InChI is InChI=1S/C66H134N21O8/c1-11-14-21-69-22-23-70-24-25-71-26-27-72-28-31-75-35-40-82-59(50(6)12-2)48-78-33-32-73-29-30-74-34-38-79-55(17-15-16-20-67)46-77-36-39-80-56(43-61(89)90)47-84-53(9)45-83-52(8)44-76-37-41-81-58(42-49(4)5)64(92)86-57(18-19-60(68)88)63(91)87-62(51(7)13-3)65(93)85-54(10)66(94)95/h14,22,24,28-29,33-36,49-59,62,69-84H,11-13,15-21,23,25-27,30-32,37-48,67H2,1-10H3,(H2,68,88)(H,85,93)(H,86,92)(H,87,91)(H,89,90)(H,94,95)/t50-,51-,52-,53-,54-,55-,56-,57-,58-,59+,62-/m0/s1. The Morgan fingerprint density at radius 2 is 1.01 bits per heavy atom. The molecule has 0 aromatic heterocycles. The molecule has 29 heteroatoms. The molecule has 0 unspecified atom stereocenters. The van der Waals surface area contributed by atoms with Crippen LogP contribution < -0.4 is 112 Å². The maximum atomic E-state index is 13.7. The van der Waals surface area contributed by atoms with E-state index in [4.69, 9.17) is 11.5 Å². The third-order valence-corrected chi connectivity index (χ3v) is 15.7. The molecule has 9 radical (unpaired) electrons. The highest BCUT2D eigenvalue weighted by Crippen LogP contribution is 2.12. The van der Waals surface area contributed by atoms with E-state index in [9.17, 15) is 39.0 Å². The summed E-state index contributed by atoms with van der Waals surface area (Å²) in [6.45, 7) is 49.1. The van der Waals surface area contributed by atoms with E-state index < -0.39 is 59.7 Å². The zero-order valence-electron chi connectivity index (χ0n) is 59.6. The van der Waals surface area contributed by atoms with E-state index in [1.165, 1.54) is 6.92 Å². The summed E-state index contributed by atoms with van der Waals surface area (Å²) in [5.74, 6) is -4.32. The van der Waals surface area contributed by atoms with Gasteiger partial charge in [0.25, 0.3) is 0 Å². The Morgan fingerprint density at radius 3 is 1.62 bits per heavy atom. The molecule has 25 N–H and O–H groups in total. The van der Waals surface area contributed by atoms with Gasteiger partial charge in [0.05, 0.1) is 12.5 Å². The molecule has 11 atom stereocenters. The summed E-state index contributed by atoms with van der Waals surface area (Å²) in [6.07, 6.45) is 7.91. The van der Waals surface area contributed by atoms with Crippen molar-refractivity contribution >= 4 is 35.6 Å². The highest BCUT2D eigenvalue weighted by atomic mass is 16.4. The molecule has 95 heavy (non-hydrogen) atoms. The number of carbonyl (C=O) groups is 6. The van der Waals surface area contributed by atoms with Crippen LogP contribution in [0.4, 0.5) is 0 Å². The van der Waals surface area contributed by atoms with Gasteiger partial charge in [0.15, 0.2) is 0 Å². The van der Waals surface area contributed by atoms with Crippen molar-refractivity contribution in [1.82, 2.24) is 101 Å². The first-order chi connectivity index (χ1) is 45.7. The van der Waals surface area contributed by atoms with Gasteiger partial charge in [-0.3, -0.25) is 28.8 Å². The molecule has 0 heterocycles. The lowest BCUT2D eigenvalue weighted by Crippen LogP contribution is -2.59. The zero-order chi connectivity index (χ0) is 70.7. The lowest BCUT2D eigenvalue weighted by Gasteiger charge is -2.28. The lowest BCUT2D eigenvalue weighted by atomic mass is 9.97. The predicted octanol–water partition coefficient (Wildman–Crippen LogP) is -1.85. The van der Waals surface area contributed by atoms with Gasteiger partial charge in [-0.1, -0.05) is 74.1 Å². The Hall–Kier alpha value is -3.86. The first-order valence-corrected chi connectivity index (χ1v) is 35.1. The summed E-state index contributed by atoms with van der Waals surface area (Å²) in [4.78, 5) is 75.5. The number of unbranched alkanes of at least 4 members (excludes halogenated alkanes) is 2. The third-order valence-electron chi connectivity index (χ3n) is 15.7. The van der Waals surface area contributed by atoms with Crippen LogP contribution in [0.15, 0.2) is 0 Å². The Balaban J connectivity index is 4.62. The van der Waals surface area contributed by atoms with Crippen LogP contribution in [-0.2, 0) is 28.8 Å². The maximum Gasteiger partial charge on any atom is 0.325 e. The van der Waals surface area contributed by atoms with Gasteiger partial charge in [-0.25, -0.2) is 0 Å². The van der Waals surface area contributed by atoms with Crippen LogP contribution >= 0.6 is 0 Å². The number of rotatable bonds is 71. The molecule has 4 amide bonds. The van der Waals surface area contributed by atoms with E-state index in [1.807, 2.05) is 67.0 Å². The van der Waals surface area contributed by atoms with E-state index in [-0.39, 0.29) is 55.3 Å². The topological polar surface area (TPSA) is 423 Å². The molecule has 0 bridgehead atoms. The van der Waals surface area contributed by atoms with Crippen molar-refractivity contribution < 1.29 is 39.0 Å². The highest BCUT2D eigenvalue weighted by Gasteiger charge is 2.33. The molecule has 0 saturated heterocycles. The van der Waals surface area contributed by atoms with E-state index in [0.29, 0.717) is 96.8 Å². The normalized spacial score (nSPS) is 15.3. The third kappa shape index (κ3) is 53.8. The van der Waals surface area contributed by atoms with Crippen molar-refractivity contribution in [2.45, 2.75) is 188 Å². The molecule has 0 aliphatic heterocycles. The summed E-state index contributed by atoms with van der Waals surface area (Å²) in [5, 5.41) is 81.4. The SMILES string of the molecule is CC[CH]CN[CH]CN[CH]CNCCN[CH]CN[CH]CN[C@H](CN[CH]CN[CH]CN[CH]CN[C@@H](CCCCN)CN[CH]CN[C@H](CN[C@@H](C)CN[C@@H](C)CNCCN[C@@H](CC(C)C)C(=O)N[C@@H](CCC(N)=O)C(=O)N[C@H](C(=O)N[C@@H](C)C(=O)O)[C@@H](C)CC)CC(=O)O)[C@@H](C)CC. The number of primary amides is 1. The molecule has 0 saturated carbocycles. The fraction of sp³-hybridized carbons (Fsp3) is 0.773. The number of hydrogen-bond acceptors (Lipinski definition) is 23. The summed E-state index contributed by atoms with van der Waals surface area (Å²) in [5.41, 5.74) is 11.2. The van der Waals surface area contributed by atoms with Gasteiger partial charge in [-0.2, -0.15) is 0 Å². The van der Waals surface area contributed by atoms with Crippen LogP contribution in [0.1, 0.15) is 133 Å². The molecular formula is C66H134N21O8. The minimum absolute atomic E-state index is 0.0361. The Kier molecular flexibility index (Phi) is 59.9. The second-order valence-corrected chi connectivity index (χ2v) is 24.8. The van der Waals surface area contributed by atoms with Gasteiger partial charge in [0.1, 0.15) is 18.1 Å². The van der Waals surface area contributed by atoms with Crippen LogP contribution in [0.5, 0.6) is 0 Å². The van der Waals surface area contributed by atoms with Crippen LogP contribution in [0.2, 0.25) is 0 Å². The second kappa shape index (κ2) is 62.4. The minimum Gasteiger partial charge on any atom is -0.481 e. The van der Waals surface area contributed by atoms with E-state index in [1.54, 1.807) is 6.92 Å². The van der Waals surface area contributed by atoms with E-state index in [2.05, 4.69) is 148 Å². The van der Waals surface area contributed by atoms with Crippen LogP contribution in [0, 0.1) is 76.5 Å². The number of nitrogens with one attached hydrogen (secondary N) is 19. The molecule has 29 nitrogen and oxygen atoms in total. The number of carboxylic acid groups (broad SMARTS) is 2. The van der Waals surface area contributed by atoms with Crippen molar-refractivity contribution in [3.63, 3.8) is 0 Å². The highest BCUT2D eigenvalue weighted by molar-refractivity contribution is 5.94. The fourth-order valence-electron chi connectivity index (χ4n) is 9.41. The van der Waals surface area contributed by atoms with Crippen molar-refractivity contribution in [2.24, 2.45) is 29.2 Å². The molecule has 0 spiro atoms. The second-order valence-electron chi connectivity index (χ2n) is 24.8. The molecule has 0 aliphatic carbocycles. The Bertz CT molecular complexity index is 1890. The number of aliphatic carboxylic acids is 2. The monoisotopic (exact) mass is 1350 g/mol. The Morgan fingerprint density at radius 1 is 0.463 bits per heavy atom. The fourth-order valence-corrected chi connectivity index (χ4v) is 9.41. The van der Waals surface area contributed by atoms with Crippen molar-refractivity contribution in [2.75, 3.05) is 124 Å². The molecule has 0 fully saturated rings. The minimum atomic E-state index is -1.23. The van der Waals surface area contributed by atoms with Gasteiger partial charge in [0, 0.05) is 200 Å². The quantitative estimate of drug-likeness (QED) is 0.0297. The van der Waals surface area contributed by atoms with Crippen molar-refractivity contribution in [1.29, 1.82) is 0 Å². The zero-order valence-corrected chi connectivity index (χ0v) is 59.6. The first-order valence-electron chi connectivity index (χ1n) is 35.1. The number of hydrogen-bond donors (Lipinski definition) is 23. The summed E-state index contributed by atoms with van der Waals surface area (Å²) in [6, 6.07) is -3.75. The number of nitrogens with two attached hydrogens (primary N) is 2. The van der Waals surface area contributed by atoms with E-state index in [0.717, 1.165) is 84.5 Å². The predicted molar refractivity (Wildman–Crippen MR) is 382 cm³/mol.